The van der Waals surface area contributed by atoms with E-state index in [4.69, 9.17) is 0 Å². The first kappa shape index (κ1) is 15.0. The van der Waals surface area contributed by atoms with E-state index in [-0.39, 0.29) is 11.9 Å². The summed E-state index contributed by atoms with van der Waals surface area (Å²) in [5.74, 6) is -0.202. The Kier molecular flexibility index (Phi) is 4.47. The Morgan fingerprint density at radius 3 is 2.48 bits per heavy atom. The summed E-state index contributed by atoms with van der Waals surface area (Å²) in [7, 11) is 0. The number of aromatic nitrogens is 3. The molecule has 116 valence electrons. The molecule has 1 unspecified atom stereocenters. The summed E-state index contributed by atoms with van der Waals surface area (Å²) in [4.78, 5) is 16.6. The minimum absolute atomic E-state index is 0.202. The lowest BCUT2D eigenvalue weighted by atomic mass is 9.99. The van der Waals surface area contributed by atoms with Crippen LogP contribution in [0.4, 0.5) is 0 Å². The summed E-state index contributed by atoms with van der Waals surface area (Å²) >= 11 is 0. The van der Waals surface area contributed by atoms with Gasteiger partial charge in [0.2, 0.25) is 0 Å². The van der Waals surface area contributed by atoms with Crippen molar-refractivity contribution in [1.82, 2.24) is 20.5 Å². The summed E-state index contributed by atoms with van der Waals surface area (Å²) in [5.41, 5.74) is 3.33. The highest BCUT2D eigenvalue weighted by atomic mass is 16.2. The number of rotatable bonds is 5. The quantitative estimate of drug-likeness (QED) is 0.761. The van der Waals surface area contributed by atoms with Gasteiger partial charge in [0.15, 0.2) is 0 Å². The number of carbonyl (C=O) groups excluding carboxylic acids is 1. The van der Waals surface area contributed by atoms with Crippen LogP contribution < -0.4 is 5.32 Å². The molecule has 0 aliphatic heterocycles. The highest BCUT2D eigenvalue weighted by Crippen LogP contribution is 2.21. The third kappa shape index (κ3) is 3.45. The summed E-state index contributed by atoms with van der Waals surface area (Å²) in [6.07, 6.45) is 4.26. The van der Waals surface area contributed by atoms with Crippen molar-refractivity contribution in [3.63, 3.8) is 0 Å². The Balaban J connectivity index is 1.88. The number of nitrogens with one attached hydrogen (secondary N) is 2. The number of H-pyrrole nitrogens is 1. The van der Waals surface area contributed by atoms with Crippen molar-refractivity contribution in [1.29, 1.82) is 0 Å². The molecule has 0 spiro atoms. The molecule has 23 heavy (non-hydrogen) atoms. The molecule has 1 aromatic carbocycles. The number of aryl methyl sites for hydroxylation is 1. The van der Waals surface area contributed by atoms with Crippen molar-refractivity contribution in [3.05, 3.63) is 83.4 Å². The standard InChI is InChI=1S/C18H18N4O/c1-2-15-12-16(22-21-15)18(23)20-17(13-6-4-3-5-7-13)14-8-10-19-11-9-14/h3-12,17H,2H2,1H3,(H,20,23)(H,21,22). The van der Waals surface area contributed by atoms with Gasteiger partial charge < -0.3 is 5.32 Å². The molecule has 5 nitrogen and oxygen atoms in total. The Bertz CT molecular complexity index is 728. The zero-order valence-electron chi connectivity index (χ0n) is 12.9. The maximum absolute atomic E-state index is 12.5. The molecule has 0 aliphatic rings. The van der Waals surface area contributed by atoms with Crippen LogP contribution in [0.5, 0.6) is 0 Å². The van der Waals surface area contributed by atoms with Gasteiger partial charge in [-0.15, -0.1) is 0 Å². The van der Waals surface area contributed by atoms with Crippen molar-refractivity contribution in [2.24, 2.45) is 0 Å². The average Bonchev–Trinajstić information content (AvgIpc) is 3.10. The predicted octanol–water partition coefficient (Wildman–Crippen LogP) is 2.89. The molecule has 2 N–H and O–H groups in total. The Morgan fingerprint density at radius 1 is 1.13 bits per heavy atom. The minimum atomic E-state index is -0.242. The molecule has 0 bridgehead atoms. The van der Waals surface area contributed by atoms with E-state index < -0.39 is 0 Å². The average molecular weight is 306 g/mol. The van der Waals surface area contributed by atoms with Crippen LogP contribution in [0.15, 0.2) is 60.9 Å². The molecule has 0 saturated carbocycles. The third-order valence-electron chi connectivity index (χ3n) is 3.69. The van der Waals surface area contributed by atoms with Gasteiger partial charge in [-0.25, -0.2) is 0 Å². The van der Waals surface area contributed by atoms with Crippen LogP contribution in [0.25, 0.3) is 0 Å². The molecule has 1 atom stereocenters. The molecule has 0 saturated heterocycles. The molecule has 5 heteroatoms. The van der Waals surface area contributed by atoms with Gasteiger partial charge in [0.1, 0.15) is 5.69 Å². The van der Waals surface area contributed by atoms with Crippen LogP contribution in [0.3, 0.4) is 0 Å². The summed E-state index contributed by atoms with van der Waals surface area (Å²) in [6.45, 7) is 2.01. The fourth-order valence-corrected chi connectivity index (χ4v) is 2.42. The molecule has 2 aromatic heterocycles. The van der Waals surface area contributed by atoms with Crippen molar-refractivity contribution < 1.29 is 4.79 Å². The smallest absolute Gasteiger partial charge is 0.272 e. The zero-order chi connectivity index (χ0) is 16.1. The zero-order valence-corrected chi connectivity index (χ0v) is 12.9. The van der Waals surface area contributed by atoms with Crippen LogP contribution in [-0.4, -0.2) is 21.1 Å². The van der Waals surface area contributed by atoms with Crippen LogP contribution >= 0.6 is 0 Å². The lowest BCUT2D eigenvalue weighted by Crippen LogP contribution is -2.29. The monoisotopic (exact) mass is 306 g/mol. The van der Waals surface area contributed by atoms with Gasteiger partial charge in [0.05, 0.1) is 6.04 Å². The Labute approximate surface area is 134 Å². The van der Waals surface area contributed by atoms with E-state index in [0.717, 1.165) is 23.2 Å². The maximum Gasteiger partial charge on any atom is 0.272 e. The van der Waals surface area contributed by atoms with Crippen LogP contribution in [0, 0.1) is 0 Å². The first-order chi connectivity index (χ1) is 11.3. The van der Waals surface area contributed by atoms with Gasteiger partial charge in [0, 0.05) is 18.1 Å². The normalized spacial score (nSPS) is 11.9. The molecule has 3 aromatic rings. The highest BCUT2D eigenvalue weighted by molar-refractivity contribution is 5.92. The fourth-order valence-electron chi connectivity index (χ4n) is 2.42. The van der Waals surface area contributed by atoms with Crippen molar-refractivity contribution in [3.8, 4) is 0 Å². The van der Waals surface area contributed by atoms with Crippen LogP contribution in [0.2, 0.25) is 0 Å². The lowest BCUT2D eigenvalue weighted by Gasteiger charge is -2.19. The number of amides is 1. The van der Waals surface area contributed by atoms with Gasteiger partial charge in [-0.3, -0.25) is 14.9 Å². The molecular weight excluding hydrogens is 288 g/mol. The molecule has 0 radical (unpaired) electrons. The molecule has 1 amide bonds. The second-order valence-electron chi connectivity index (χ2n) is 5.23. The minimum Gasteiger partial charge on any atom is -0.340 e. The number of hydrogen-bond donors (Lipinski definition) is 2. The molecule has 3 rings (SSSR count). The van der Waals surface area contributed by atoms with Crippen molar-refractivity contribution in [2.75, 3.05) is 0 Å². The highest BCUT2D eigenvalue weighted by Gasteiger charge is 2.19. The van der Waals surface area contributed by atoms with E-state index in [2.05, 4.69) is 20.5 Å². The second-order valence-corrected chi connectivity index (χ2v) is 5.23. The first-order valence-corrected chi connectivity index (χ1v) is 7.58. The fraction of sp³-hybridized carbons (Fsp3) is 0.167. The van der Waals surface area contributed by atoms with E-state index in [1.165, 1.54) is 0 Å². The second kappa shape index (κ2) is 6.87. The first-order valence-electron chi connectivity index (χ1n) is 7.58. The number of nitrogens with zero attached hydrogens (tertiary/aromatic N) is 2. The molecule has 0 fully saturated rings. The number of hydrogen-bond acceptors (Lipinski definition) is 3. The topological polar surface area (TPSA) is 70.7 Å². The van der Waals surface area contributed by atoms with E-state index in [1.807, 2.05) is 49.4 Å². The lowest BCUT2D eigenvalue weighted by molar-refractivity contribution is 0.0938. The van der Waals surface area contributed by atoms with E-state index in [9.17, 15) is 4.79 Å². The molecular formula is C18H18N4O. The molecule has 0 aliphatic carbocycles. The largest absolute Gasteiger partial charge is 0.340 e. The third-order valence-corrected chi connectivity index (χ3v) is 3.69. The van der Waals surface area contributed by atoms with E-state index in [1.54, 1.807) is 18.5 Å². The van der Waals surface area contributed by atoms with Gasteiger partial charge in [-0.1, -0.05) is 37.3 Å². The van der Waals surface area contributed by atoms with Gasteiger partial charge in [-0.2, -0.15) is 5.10 Å². The van der Waals surface area contributed by atoms with Gasteiger partial charge in [-0.05, 0) is 35.7 Å². The van der Waals surface area contributed by atoms with Crippen molar-refractivity contribution in [2.45, 2.75) is 19.4 Å². The number of pyridine rings is 1. The summed E-state index contributed by atoms with van der Waals surface area (Å²) in [5, 5.41) is 10.0. The predicted molar refractivity (Wildman–Crippen MR) is 88.0 cm³/mol. The summed E-state index contributed by atoms with van der Waals surface area (Å²) in [6, 6.07) is 15.2. The number of carbonyl (C=O) groups is 1. The number of aromatic amines is 1. The Morgan fingerprint density at radius 2 is 1.83 bits per heavy atom. The number of benzene rings is 1. The summed E-state index contributed by atoms with van der Waals surface area (Å²) < 4.78 is 0. The van der Waals surface area contributed by atoms with E-state index >= 15 is 0 Å². The van der Waals surface area contributed by atoms with Gasteiger partial charge >= 0.3 is 0 Å². The van der Waals surface area contributed by atoms with Crippen molar-refractivity contribution >= 4 is 5.91 Å². The molecule has 2 heterocycles. The van der Waals surface area contributed by atoms with Gasteiger partial charge in [0.25, 0.3) is 5.91 Å². The van der Waals surface area contributed by atoms with Crippen LogP contribution in [0.1, 0.15) is 40.3 Å². The SMILES string of the molecule is CCc1cc(C(=O)NC(c2ccccc2)c2ccncc2)n[nH]1. The maximum atomic E-state index is 12.5. The Hall–Kier alpha value is -2.95. The van der Waals surface area contributed by atoms with Crippen LogP contribution in [-0.2, 0) is 6.42 Å². The van der Waals surface area contributed by atoms with E-state index in [0.29, 0.717) is 5.69 Å².